The highest BCUT2D eigenvalue weighted by Crippen LogP contribution is 2.14. The molecule has 0 bridgehead atoms. The second kappa shape index (κ2) is 6.65. The van der Waals surface area contributed by atoms with Crippen LogP contribution in [0.15, 0.2) is 59.5 Å². The topological polar surface area (TPSA) is 44.2 Å². The molecule has 3 aromatic heterocycles. The summed E-state index contributed by atoms with van der Waals surface area (Å²) in [6.07, 6.45) is 2.51. The van der Waals surface area contributed by atoms with Gasteiger partial charge in [0.25, 0.3) is 0 Å². The monoisotopic (exact) mass is 356 g/mol. The Morgan fingerprint density at radius 1 is 1.07 bits per heavy atom. The first-order chi connectivity index (χ1) is 13.1. The summed E-state index contributed by atoms with van der Waals surface area (Å²) in [5.41, 5.74) is 5.12. The van der Waals surface area contributed by atoms with Crippen LogP contribution in [0.4, 0.5) is 0 Å². The molecular formula is C22H20N4O. The molecule has 0 atom stereocenters. The van der Waals surface area contributed by atoms with E-state index in [0.29, 0.717) is 5.69 Å². The van der Waals surface area contributed by atoms with E-state index in [1.54, 1.807) is 19.8 Å². The van der Waals surface area contributed by atoms with Crippen LogP contribution in [0.5, 0.6) is 0 Å². The normalized spacial score (nSPS) is 10.8. The van der Waals surface area contributed by atoms with Crippen molar-refractivity contribution in [2.24, 2.45) is 7.05 Å². The maximum absolute atomic E-state index is 13.3. The Balaban J connectivity index is 1.93. The highest BCUT2D eigenvalue weighted by Gasteiger charge is 2.12. The Morgan fingerprint density at radius 3 is 2.52 bits per heavy atom. The van der Waals surface area contributed by atoms with E-state index in [1.165, 1.54) is 0 Å². The van der Waals surface area contributed by atoms with Gasteiger partial charge in [-0.2, -0.15) is 5.10 Å². The van der Waals surface area contributed by atoms with E-state index in [-0.39, 0.29) is 5.69 Å². The Bertz CT molecular complexity index is 1250. The third-order valence-electron chi connectivity index (χ3n) is 4.83. The maximum atomic E-state index is 13.3. The van der Waals surface area contributed by atoms with Gasteiger partial charge in [-0.3, -0.25) is 13.6 Å². The summed E-state index contributed by atoms with van der Waals surface area (Å²) in [7, 11) is 1.89. The Morgan fingerprint density at radius 2 is 1.85 bits per heavy atom. The summed E-state index contributed by atoms with van der Waals surface area (Å²) in [5.74, 6) is 6.28. The van der Waals surface area contributed by atoms with Gasteiger partial charge in [0.15, 0.2) is 0 Å². The summed E-state index contributed by atoms with van der Waals surface area (Å²) in [5, 5.41) is 4.21. The van der Waals surface area contributed by atoms with Gasteiger partial charge in [0.05, 0.1) is 28.7 Å². The molecule has 3 heterocycles. The van der Waals surface area contributed by atoms with Crippen LogP contribution < -0.4 is 5.69 Å². The molecule has 0 N–H and O–H groups in total. The second-order valence-electron chi connectivity index (χ2n) is 6.44. The van der Waals surface area contributed by atoms with Gasteiger partial charge in [-0.1, -0.05) is 31.0 Å². The summed E-state index contributed by atoms with van der Waals surface area (Å²) in [6, 6.07) is 15.6. The first kappa shape index (κ1) is 16.9. The van der Waals surface area contributed by atoms with Gasteiger partial charge in [0, 0.05) is 12.7 Å². The largest absolute Gasteiger partial charge is 0.338 e. The zero-order valence-electron chi connectivity index (χ0n) is 15.6. The lowest BCUT2D eigenvalue weighted by molar-refractivity contribution is 0.740. The number of aryl methyl sites for hydroxylation is 2. The zero-order chi connectivity index (χ0) is 19.0. The van der Waals surface area contributed by atoms with E-state index in [4.69, 9.17) is 0 Å². The van der Waals surface area contributed by atoms with Crippen LogP contribution in [0.2, 0.25) is 0 Å². The van der Waals surface area contributed by atoms with Crippen molar-refractivity contribution in [3.05, 3.63) is 87.9 Å². The molecular weight excluding hydrogens is 336 g/mol. The van der Waals surface area contributed by atoms with Crippen molar-refractivity contribution in [2.75, 3.05) is 0 Å². The van der Waals surface area contributed by atoms with Crippen LogP contribution in [0.25, 0.3) is 11.2 Å². The standard InChI is InChI=1S/C22H20N4O/c1-4-18-14-21-13-12-20(11-10-17-15-23-24(3)16(17)2)26(21)22(27)25(18)19-8-6-5-7-9-19/h5-9,12-15H,4H2,1-3H3. The molecule has 27 heavy (non-hydrogen) atoms. The predicted molar refractivity (Wildman–Crippen MR) is 106 cm³/mol. The number of aromatic nitrogens is 4. The van der Waals surface area contributed by atoms with E-state index in [1.807, 2.05) is 56.4 Å². The molecule has 0 amide bonds. The molecule has 0 aliphatic rings. The minimum Gasteiger partial charge on any atom is -0.272 e. The minimum absolute atomic E-state index is 0.104. The highest BCUT2D eigenvalue weighted by molar-refractivity contribution is 5.55. The van der Waals surface area contributed by atoms with Crippen LogP contribution in [-0.2, 0) is 13.5 Å². The number of hydrogen-bond donors (Lipinski definition) is 0. The summed E-state index contributed by atoms with van der Waals surface area (Å²) < 4.78 is 5.22. The SMILES string of the molecule is CCc1cc2ccc(C#Cc3cnn(C)c3C)n2c(=O)n1-c1ccccc1. The number of para-hydroxylation sites is 1. The fraction of sp³-hybridized carbons (Fsp3) is 0.182. The third kappa shape index (κ3) is 2.85. The zero-order valence-corrected chi connectivity index (χ0v) is 15.6. The summed E-state index contributed by atoms with van der Waals surface area (Å²) in [6.45, 7) is 4.03. The van der Waals surface area contributed by atoms with Gasteiger partial charge in [-0.05, 0) is 49.6 Å². The molecule has 5 nitrogen and oxygen atoms in total. The van der Waals surface area contributed by atoms with Crippen molar-refractivity contribution in [1.82, 2.24) is 18.7 Å². The van der Waals surface area contributed by atoms with Crippen molar-refractivity contribution in [2.45, 2.75) is 20.3 Å². The van der Waals surface area contributed by atoms with Gasteiger partial charge in [0.2, 0.25) is 0 Å². The molecule has 0 aliphatic carbocycles. The van der Waals surface area contributed by atoms with E-state index in [2.05, 4.69) is 29.9 Å². The van der Waals surface area contributed by atoms with Crippen LogP contribution >= 0.6 is 0 Å². The summed E-state index contributed by atoms with van der Waals surface area (Å²) >= 11 is 0. The lowest BCUT2D eigenvalue weighted by atomic mass is 10.2. The molecule has 0 fully saturated rings. The molecule has 4 rings (SSSR count). The molecule has 134 valence electrons. The molecule has 0 saturated heterocycles. The predicted octanol–water partition coefficient (Wildman–Crippen LogP) is 3.09. The number of benzene rings is 1. The number of rotatable bonds is 2. The van der Waals surface area contributed by atoms with Crippen LogP contribution in [0.1, 0.15) is 29.6 Å². The van der Waals surface area contributed by atoms with Crippen LogP contribution in [-0.4, -0.2) is 18.7 Å². The van der Waals surface area contributed by atoms with E-state index >= 15 is 0 Å². The molecule has 0 saturated carbocycles. The molecule has 0 radical (unpaired) electrons. The first-order valence-corrected chi connectivity index (χ1v) is 8.92. The Hall–Kier alpha value is -3.52. The van der Waals surface area contributed by atoms with E-state index in [9.17, 15) is 4.79 Å². The number of hydrogen-bond acceptors (Lipinski definition) is 2. The highest BCUT2D eigenvalue weighted by atomic mass is 16.1. The molecule has 1 aromatic carbocycles. The van der Waals surface area contributed by atoms with Gasteiger partial charge in [-0.25, -0.2) is 4.79 Å². The number of fused-ring (bicyclic) bond motifs is 1. The lowest BCUT2D eigenvalue weighted by Gasteiger charge is -2.13. The Kier molecular flexibility index (Phi) is 4.17. The average Bonchev–Trinajstić information content (AvgIpc) is 3.24. The molecule has 0 unspecified atom stereocenters. The third-order valence-corrected chi connectivity index (χ3v) is 4.83. The van der Waals surface area contributed by atoms with Crippen LogP contribution in [0.3, 0.4) is 0 Å². The smallest absolute Gasteiger partial charge is 0.272 e. The minimum atomic E-state index is -0.104. The molecule has 0 aliphatic heterocycles. The average molecular weight is 356 g/mol. The van der Waals surface area contributed by atoms with Crippen molar-refractivity contribution in [3.63, 3.8) is 0 Å². The second-order valence-corrected chi connectivity index (χ2v) is 6.44. The van der Waals surface area contributed by atoms with Crippen molar-refractivity contribution in [3.8, 4) is 17.5 Å². The lowest BCUT2D eigenvalue weighted by Crippen LogP contribution is -2.28. The van der Waals surface area contributed by atoms with Gasteiger partial charge < -0.3 is 0 Å². The van der Waals surface area contributed by atoms with E-state index < -0.39 is 0 Å². The van der Waals surface area contributed by atoms with Crippen molar-refractivity contribution < 1.29 is 0 Å². The first-order valence-electron chi connectivity index (χ1n) is 8.92. The van der Waals surface area contributed by atoms with E-state index in [0.717, 1.165) is 34.6 Å². The molecule has 0 spiro atoms. The quantitative estimate of drug-likeness (QED) is 0.518. The van der Waals surface area contributed by atoms with Crippen LogP contribution in [0, 0.1) is 18.8 Å². The molecule has 4 aromatic rings. The Labute approximate surface area is 157 Å². The van der Waals surface area contributed by atoms with Gasteiger partial charge in [-0.15, -0.1) is 0 Å². The number of nitrogens with zero attached hydrogens (tertiary/aromatic N) is 4. The van der Waals surface area contributed by atoms with Gasteiger partial charge in [0.1, 0.15) is 5.69 Å². The molecule has 5 heteroatoms. The van der Waals surface area contributed by atoms with Crippen molar-refractivity contribution in [1.29, 1.82) is 0 Å². The maximum Gasteiger partial charge on any atom is 0.338 e. The van der Waals surface area contributed by atoms with Gasteiger partial charge >= 0.3 is 5.69 Å². The van der Waals surface area contributed by atoms with Crippen molar-refractivity contribution >= 4 is 5.52 Å². The summed E-state index contributed by atoms with van der Waals surface area (Å²) in [4.78, 5) is 13.3. The fourth-order valence-corrected chi connectivity index (χ4v) is 3.20. The fourth-order valence-electron chi connectivity index (χ4n) is 3.20.